The quantitative estimate of drug-likeness (QED) is 0.843. The smallest absolute Gasteiger partial charge is 0.191 e. The fraction of sp³-hybridized carbons (Fsp3) is 0.538. The number of thiophene rings is 1. The Morgan fingerprint density at radius 2 is 2.28 bits per heavy atom. The molecule has 4 nitrogen and oxygen atoms in total. The Kier molecular flexibility index (Phi) is 4.49. The lowest BCUT2D eigenvalue weighted by Gasteiger charge is -2.15. The van der Waals surface area contributed by atoms with E-state index in [0.717, 1.165) is 29.4 Å². The molecule has 0 aliphatic carbocycles. The highest BCUT2D eigenvalue weighted by molar-refractivity contribution is 7.13. The van der Waals surface area contributed by atoms with Gasteiger partial charge in [0, 0.05) is 6.42 Å². The molecule has 98 valence electrons. The molecule has 0 fully saturated rings. The maximum atomic E-state index is 5.81. The van der Waals surface area contributed by atoms with Crippen LogP contribution in [0.2, 0.25) is 0 Å². The van der Waals surface area contributed by atoms with Crippen molar-refractivity contribution in [3.05, 3.63) is 23.3 Å². The van der Waals surface area contributed by atoms with E-state index >= 15 is 0 Å². The Balaban J connectivity index is 2.01. The topological polar surface area (TPSA) is 67.6 Å². The summed E-state index contributed by atoms with van der Waals surface area (Å²) >= 11 is 1.65. The second-order valence-electron chi connectivity index (χ2n) is 5.02. The third-order valence-electron chi connectivity index (χ3n) is 2.89. The second kappa shape index (κ2) is 6.11. The van der Waals surface area contributed by atoms with E-state index in [1.807, 2.05) is 17.5 Å². The molecule has 0 bridgehead atoms. The van der Waals surface area contributed by atoms with Crippen LogP contribution in [0.5, 0.6) is 0 Å². The summed E-state index contributed by atoms with van der Waals surface area (Å²) in [6.45, 7) is 5.15. The van der Waals surface area contributed by atoms with Crippen LogP contribution in [0.15, 0.2) is 17.5 Å². The number of nitrogens with one attached hydrogen (secondary N) is 1. The number of rotatable bonds is 6. The van der Waals surface area contributed by atoms with Gasteiger partial charge in [-0.25, -0.2) is 4.98 Å². The van der Waals surface area contributed by atoms with Crippen LogP contribution in [-0.2, 0) is 6.42 Å². The molecule has 3 N–H and O–H groups in total. The average Bonchev–Trinajstić information content (AvgIpc) is 2.97. The number of aromatic nitrogens is 3. The maximum absolute atomic E-state index is 5.81. The summed E-state index contributed by atoms with van der Waals surface area (Å²) in [5.41, 5.74) is 5.81. The Morgan fingerprint density at radius 3 is 2.89 bits per heavy atom. The van der Waals surface area contributed by atoms with E-state index in [-0.39, 0.29) is 0 Å². The summed E-state index contributed by atoms with van der Waals surface area (Å²) in [7, 11) is 0. The largest absolute Gasteiger partial charge is 0.330 e. The van der Waals surface area contributed by atoms with E-state index in [4.69, 9.17) is 5.73 Å². The first-order chi connectivity index (χ1) is 8.69. The highest BCUT2D eigenvalue weighted by Gasteiger charge is 2.13. The van der Waals surface area contributed by atoms with Crippen molar-refractivity contribution in [3.63, 3.8) is 0 Å². The molecule has 2 heterocycles. The molecule has 0 saturated heterocycles. The van der Waals surface area contributed by atoms with Crippen LogP contribution in [0.4, 0.5) is 0 Å². The lowest BCUT2D eigenvalue weighted by atomic mass is 9.94. The molecule has 2 aromatic heterocycles. The normalized spacial score (nSPS) is 13.1. The van der Waals surface area contributed by atoms with Gasteiger partial charge in [0.2, 0.25) is 0 Å². The SMILES string of the molecule is CC(C)C[C@H](CN)Cc1nc(-c2cccs2)n[nH]1. The van der Waals surface area contributed by atoms with Crippen molar-refractivity contribution < 1.29 is 0 Å². The van der Waals surface area contributed by atoms with E-state index in [1.54, 1.807) is 11.3 Å². The van der Waals surface area contributed by atoms with Crippen LogP contribution in [0.25, 0.3) is 10.7 Å². The minimum absolute atomic E-state index is 0.481. The van der Waals surface area contributed by atoms with Gasteiger partial charge in [-0.15, -0.1) is 11.3 Å². The number of H-pyrrole nitrogens is 1. The molecule has 0 amide bonds. The van der Waals surface area contributed by atoms with Crippen molar-refractivity contribution in [2.75, 3.05) is 6.54 Å². The third-order valence-corrected chi connectivity index (χ3v) is 3.76. The highest BCUT2D eigenvalue weighted by atomic mass is 32.1. The molecule has 0 radical (unpaired) electrons. The molecule has 0 aromatic carbocycles. The molecule has 2 rings (SSSR count). The van der Waals surface area contributed by atoms with Crippen molar-refractivity contribution in [3.8, 4) is 10.7 Å². The second-order valence-corrected chi connectivity index (χ2v) is 5.97. The van der Waals surface area contributed by atoms with Gasteiger partial charge in [0.15, 0.2) is 5.82 Å². The van der Waals surface area contributed by atoms with Crippen molar-refractivity contribution in [2.24, 2.45) is 17.6 Å². The lowest BCUT2D eigenvalue weighted by Crippen LogP contribution is -2.19. The van der Waals surface area contributed by atoms with Crippen LogP contribution in [0.3, 0.4) is 0 Å². The van der Waals surface area contributed by atoms with Gasteiger partial charge in [-0.3, -0.25) is 5.10 Å². The Morgan fingerprint density at radius 1 is 1.44 bits per heavy atom. The van der Waals surface area contributed by atoms with Gasteiger partial charge in [-0.2, -0.15) is 5.10 Å². The molecule has 0 spiro atoms. The van der Waals surface area contributed by atoms with Crippen LogP contribution in [0.1, 0.15) is 26.1 Å². The fourth-order valence-electron chi connectivity index (χ4n) is 2.11. The summed E-state index contributed by atoms with van der Waals surface area (Å²) in [5.74, 6) is 2.88. The molecule has 5 heteroatoms. The van der Waals surface area contributed by atoms with E-state index in [0.29, 0.717) is 18.4 Å². The lowest BCUT2D eigenvalue weighted by molar-refractivity contribution is 0.409. The number of nitrogens with zero attached hydrogens (tertiary/aromatic N) is 2. The van der Waals surface area contributed by atoms with E-state index in [1.165, 1.54) is 0 Å². The molecular formula is C13H20N4S. The van der Waals surface area contributed by atoms with Gasteiger partial charge in [0.1, 0.15) is 5.82 Å². The number of hydrogen-bond acceptors (Lipinski definition) is 4. The minimum atomic E-state index is 0.481. The highest BCUT2D eigenvalue weighted by Crippen LogP contribution is 2.21. The Bertz CT molecular complexity index is 461. The molecule has 0 saturated carbocycles. The van der Waals surface area contributed by atoms with Crippen LogP contribution < -0.4 is 5.73 Å². The van der Waals surface area contributed by atoms with Gasteiger partial charge in [-0.05, 0) is 36.2 Å². The predicted molar refractivity (Wildman–Crippen MR) is 75.4 cm³/mol. The minimum Gasteiger partial charge on any atom is -0.330 e. The summed E-state index contributed by atoms with van der Waals surface area (Å²) in [6.07, 6.45) is 2.01. The van der Waals surface area contributed by atoms with Gasteiger partial charge >= 0.3 is 0 Å². The standard InChI is InChI=1S/C13H20N4S/c1-9(2)6-10(8-14)7-12-15-13(17-16-12)11-4-3-5-18-11/h3-5,9-10H,6-8,14H2,1-2H3,(H,15,16,17)/t10-/m0/s1. The fourth-order valence-corrected chi connectivity index (χ4v) is 2.76. The molecule has 0 unspecified atom stereocenters. The number of hydrogen-bond donors (Lipinski definition) is 2. The van der Waals surface area contributed by atoms with Crippen molar-refractivity contribution >= 4 is 11.3 Å². The Hall–Kier alpha value is -1.20. The monoisotopic (exact) mass is 264 g/mol. The zero-order valence-electron chi connectivity index (χ0n) is 10.9. The zero-order chi connectivity index (χ0) is 13.0. The number of aromatic amines is 1. The molecule has 1 atom stereocenters. The first-order valence-corrected chi connectivity index (χ1v) is 7.22. The van der Waals surface area contributed by atoms with Crippen molar-refractivity contribution in [1.29, 1.82) is 0 Å². The average molecular weight is 264 g/mol. The zero-order valence-corrected chi connectivity index (χ0v) is 11.7. The number of nitrogens with two attached hydrogens (primary N) is 1. The summed E-state index contributed by atoms with van der Waals surface area (Å²) in [6, 6.07) is 4.05. The van der Waals surface area contributed by atoms with Crippen LogP contribution >= 0.6 is 11.3 Å². The summed E-state index contributed by atoms with van der Waals surface area (Å²) in [4.78, 5) is 5.64. The summed E-state index contributed by atoms with van der Waals surface area (Å²) in [5, 5.41) is 9.32. The molecule has 18 heavy (non-hydrogen) atoms. The maximum Gasteiger partial charge on any atom is 0.191 e. The van der Waals surface area contributed by atoms with Gasteiger partial charge < -0.3 is 5.73 Å². The molecule has 2 aromatic rings. The van der Waals surface area contributed by atoms with Crippen LogP contribution in [-0.4, -0.2) is 21.7 Å². The first-order valence-electron chi connectivity index (χ1n) is 6.34. The van der Waals surface area contributed by atoms with Crippen LogP contribution in [0, 0.1) is 11.8 Å². The van der Waals surface area contributed by atoms with E-state index in [2.05, 4.69) is 29.0 Å². The van der Waals surface area contributed by atoms with Gasteiger partial charge in [0.05, 0.1) is 4.88 Å². The molecule has 0 aliphatic heterocycles. The Labute approximate surface area is 112 Å². The van der Waals surface area contributed by atoms with Crippen molar-refractivity contribution in [1.82, 2.24) is 15.2 Å². The van der Waals surface area contributed by atoms with E-state index in [9.17, 15) is 0 Å². The summed E-state index contributed by atoms with van der Waals surface area (Å²) < 4.78 is 0. The predicted octanol–water partition coefficient (Wildman–Crippen LogP) is 2.70. The van der Waals surface area contributed by atoms with Gasteiger partial charge in [0.25, 0.3) is 0 Å². The third kappa shape index (κ3) is 3.40. The molecule has 0 aliphatic rings. The van der Waals surface area contributed by atoms with Crippen molar-refractivity contribution in [2.45, 2.75) is 26.7 Å². The van der Waals surface area contributed by atoms with E-state index < -0.39 is 0 Å². The van der Waals surface area contributed by atoms with Gasteiger partial charge in [-0.1, -0.05) is 19.9 Å². The molecular weight excluding hydrogens is 244 g/mol. The first kappa shape index (κ1) is 13.2.